The number of hydrogen-bond acceptors (Lipinski definition) is 5. The molecule has 0 radical (unpaired) electrons. The van der Waals surface area contributed by atoms with E-state index in [-0.39, 0.29) is 50.9 Å². The van der Waals surface area contributed by atoms with Gasteiger partial charge in [0.2, 0.25) is 0 Å². The van der Waals surface area contributed by atoms with Crippen LogP contribution < -0.4 is 5.73 Å². The quantitative estimate of drug-likeness (QED) is 0.644. The second-order valence-electron chi connectivity index (χ2n) is 3.31. The molecule has 0 aromatic carbocycles. The lowest BCUT2D eigenvalue weighted by Crippen LogP contribution is -2.10. The minimum absolute atomic E-state index is 0. The Balaban J connectivity index is -0.000000653. The molecule has 8 heteroatoms. The first kappa shape index (κ1) is 23.4. The highest BCUT2D eigenvalue weighted by molar-refractivity contribution is 8.93. The van der Waals surface area contributed by atoms with Gasteiger partial charge in [-0.15, -0.1) is 62.3 Å². The van der Waals surface area contributed by atoms with Gasteiger partial charge in [-0.2, -0.15) is 11.8 Å². The molecule has 1 heterocycles. The number of nitrogens with two attached hydrogens (primary N) is 1. The Morgan fingerprint density at radius 1 is 1.35 bits per heavy atom. The van der Waals surface area contributed by atoms with E-state index in [1.54, 1.807) is 11.3 Å². The van der Waals surface area contributed by atoms with E-state index in [1.807, 2.05) is 11.8 Å². The highest BCUT2D eigenvalue weighted by Gasteiger charge is 2.02. The van der Waals surface area contributed by atoms with Crippen molar-refractivity contribution in [3.63, 3.8) is 0 Å². The number of hydrogen-bond donors (Lipinski definition) is 1. The number of aromatic nitrogens is 1. The largest absolute Gasteiger partial charge is 0.330 e. The zero-order valence-electron chi connectivity index (χ0n) is 9.92. The van der Waals surface area contributed by atoms with E-state index in [2.05, 4.69) is 29.4 Å². The van der Waals surface area contributed by atoms with E-state index < -0.39 is 0 Å². The van der Waals surface area contributed by atoms with Gasteiger partial charge in [0.25, 0.3) is 0 Å². The Labute approximate surface area is 143 Å². The van der Waals surface area contributed by atoms with Crippen LogP contribution in [0, 0.1) is 0 Å². The number of nitrogens with zero attached hydrogens (tertiary/aromatic N) is 2. The summed E-state index contributed by atoms with van der Waals surface area (Å²) in [6.45, 7) is 1.69. The van der Waals surface area contributed by atoms with E-state index in [0.29, 0.717) is 0 Å². The molecule has 0 fully saturated rings. The Bertz CT molecular complexity index is 272. The summed E-state index contributed by atoms with van der Waals surface area (Å²) in [5, 5.41) is 3.33. The SMILES string of the molecule is Br.Br.Br.CN(C)Cc1nc(CSCCN)cs1. The van der Waals surface area contributed by atoms with Crippen molar-refractivity contribution in [2.75, 3.05) is 26.4 Å². The number of rotatable bonds is 6. The monoisotopic (exact) mass is 471 g/mol. The van der Waals surface area contributed by atoms with E-state index in [4.69, 9.17) is 5.73 Å². The summed E-state index contributed by atoms with van der Waals surface area (Å²) < 4.78 is 0. The van der Waals surface area contributed by atoms with Crippen molar-refractivity contribution in [1.29, 1.82) is 0 Å². The Hall–Kier alpha value is 1.34. The predicted octanol–water partition coefficient (Wildman–Crippen LogP) is 3.13. The highest BCUT2D eigenvalue weighted by Crippen LogP contribution is 2.16. The van der Waals surface area contributed by atoms with Gasteiger partial charge in [-0.25, -0.2) is 4.98 Å². The molecule has 0 aliphatic carbocycles. The molecule has 0 amide bonds. The van der Waals surface area contributed by atoms with Crippen LogP contribution in [-0.4, -0.2) is 36.3 Å². The first-order valence-electron chi connectivity index (χ1n) is 4.58. The van der Waals surface area contributed by atoms with Crippen LogP contribution in [0.2, 0.25) is 0 Å². The molecular formula is C9H20Br3N3S2. The molecule has 0 aliphatic heterocycles. The summed E-state index contributed by atoms with van der Waals surface area (Å²) in [7, 11) is 4.12. The molecule has 104 valence electrons. The second-order valence-corrected chi connectivity index (χ2v) is 5.36. The van der Waals surface area contributed by atoms with Gasteiger partial charge in [0.1, 0.15) is 5.01 Å². The lowest BCUT2D eigenvalue weighted by atomic mass is 10.5. The standard InChI is InChI=1S/C9H17N3S2.3BrH/c1-12(2)5-9-11-8(7-14-9)6-13-4-3-10;;;/h7H,3-6,10H2,1-2H3;3*1H. The van der Waals surface area contributed by atoms with Gasteiger partial charge in [-0.05, 0) is 14.1 Å². The molecule has 0 saturated heterocycles. The van der Waals surface area contributed by atoms with Crippen molar-refractivity contribution in [2.45, 2.75) is 12.3 Å². The zero-order valence-corrected chi connectivity index (χ0v) is 16.7. The summed E-state index contributed by atoms with van der Waals surface area (Å²) in [5.41, 5.74) is 6.60. The van der Waals surface area contributed by atoms with Gasteiger partial charge >= 0.3 is 0 Å². The van der Waals surface area contributed by atoms with Crippen molar-refractivity contribution < 1.29 is 0 Å². The third-order valence-corrected chi connectivity index (χ3v) is 3.47. The molecule has 17 heavy (non-hydrogen) atoms. The Kier molecular flexibility index (Phi) is 19.0. The molecule has 0 aliphatic rings. The third kappa shape index (κ3) is 10.9. The topological polar surface area (TPSA) is 42.2 Å². The summed E-state index contributed by atoms with van der Waals surface area (Å²) in [6.07, 6.45) is 0. The van der Waals surface area contributed by atoms with Crippen LogP contribution in [0.5, 0.6) is 0 Å². The van der Waals surface area contributed by atoms with Crippen LogP contribution in [-0.2, 0) is 12.3 Å². The first-order chi connectivity index (χ1) is 6.72. The Morgan fingerprint density at radius 2 is 2.00 bits per heavy atom. The normalized spacial score (nSPS) is 9.18. The van der Waals surface area contributed by atoms with Crippen molar-refractivity contribution in [3.05, 3.63) is 16.1 Å². The maximum absolute atomic E-state index is 5.42. The van der Waals surface area contributed by atoms with Gasteiger partial charge < -0.3 is 10.6 Å². The van der Waals surface area contributed by atoms with Crippen molar-refractivity contribution in [1.82, 2.24) is 9.88 Å². The molecule has 1 aromatic heterocycles. The number of thiazole rings is 1. The fourth-order valence-corrected chi connectivity index (χ4v) is 2.70. The molecule has 0 atom stereocenters. The fraction of sp³-hybridized carbons (Fsp3) is 0.667. The highest BCUT2D eigenvalue weighted by atomic mass is 79.9. The summed E-state index contributed by atoms with van der Waals surface area (Å²) in [5.74, 6) is 2.00. The minimum Gasteiger partial charge on any atom is -0.330 e. The molecule has 0 spiro atoms. The van der Waals surface area contributed by atoms with Crippen LogP contribution in [0.1, 0.15) is 10.7 Å². The molecule has 1 aromatic rings. The summed E-state index contributed by atoms with van der Waals surface area (Å²) >= 11 is 3.58. The lowest BCUT2D eigenvalue weighted by Gasteiger charge is -2.04. The number of halogens is 3. The minimum atomic E-state index is 0. The van der Waals surface area contributed by atoms with Crippen LogP contribution in [0.15, 0.2) is 5.38 Å². The summed E-state index contributed by atoms with van der Waals surface area (Å²) in [6, 6.07) is 0. The van der Waals surface area contributed by atoms with Crippen molar-refractivity contribution in [3.8, 4) is 0 Å². The van der Waals surface area contributed by atoms with Crippen molar-refractivity contribution in [2.24, 2.45) is 5.73 Å². The zero-order chi connectivity index (χ0) is 10.4. The molecule has 2 N–H and O–H groups in total. The van der Waals surface area contributed by atoms with Crippen molar-refractivity contribution >= 4 is 74.0 Å². The summed E-state index contributed by atoms with van der Waals surface area (Å²) in [4.78, 5) is 6.67. The lowest BCUT2D eigenvalue weighted by molar-refractivity contribution is 0.401. The van der Waals surface area contributed by atoms with Crippen LogP contribution in [0.25, 0.3) is 0 Å². The molecule has 0 bridgehead atoms. The van der Waals surface area contributed by atoms with Gasteiger partial charge in [0.05, 0.1) is 5.69 Å². The van der Waals surface area contributed by atoms with Gasteiger partial charge in [-0.3, -0.25) is 0 Å². The van der Waals surface area contributed by atoms with E-state index >= 15 is 0 Å². The second kappa shape index (κ2) is 13.8. The van der Waals surface area contributed by atoms with E-state index in [1.165, 1.54) is 10.7 Å². The molecular weight excluding hydrogens is 454 g/mol. The average molecular weight is 474 g/mol. The third-order valence-electron chi connectivity index (χ3n) is 1.56. The first-order valence-corrected chi connectivity index (χ1v) is 6.61. The van der Waals surface area contributed by atoms with Gasteiger partial charge in [-0.1, -0.05) is 0 Å². The van der Waals surface area contributed by atoms with Gasteiger partial charge in [0.15, 0.2) is 0 Å². The Morgan fingerprint density at radius 3 is 2.53 bits per heavy atom. The molecule has 0 saturated carbocycles. The van der Waals surface area contributed by atoms with Crippen LogP contribution >= 0.6 is 74.0 Å². The molecule has 0 unspecified atom stereocenters. The van der Waals surface area contributed by atoms with Crippen LogP contribution in [0.3, 0.4) is 0 Å². The molecule has 3 nitrogen and oxygen atoms in total. The smallest absolute Gasteiger partial charge is 0.107 e. The van der Waals surface area contributed by atoms with E-state index in [0.717, 1.165) is 24.6 Å². The molecule has 1 rings (SSSR count). The maximum Gasteiger partial charge on any atom is 0.107 e. The van der Waals surface area contributed by atoms with Gasteiger partial charge in [0, 0.05) is 30.0 Å². The predicted molar refractivity (Wildman–Crippen MR) is 95.7 cm³/mol. The number of thioether (sulfide) groups is 1. The van der Waals surface area contributed by atoms with E-state index in [9.17, 15) is 0 Å². The fourth-order valence-electron chi connectivity index (χ4n) is 1.02. The van der Waals surface area contributed by atoms with Crippen LogP contribution in [0.4, 0.5) is 0 Å². The average Bonchev–Trinajstić information content (AvgIpc) is 2.52. The maximum atomic E-state index is 5.42.